The summed E-state index contributed by atoms with van der Waals surface area (Å²) in [6.07, 6.45) is -4.08. The molecular formula is C20H21F3N2O5. The fraction of sp³-hybridized carbons (Fsp3) is 0.300. The van der Waals surface area contributed by atoms with E-state index < -0.39 is 24.5 Å². The van der Waals surface area contributed by atoms with E-state index in [1.807, 2.05) is 6.92 Å². The third kappa shape index (κ3) is 6.66. The Hall–Kier alpha value is -3.27. The number of nitrogens with two attached hydrogens (primary N) is 1. The minimum atomic E-state index is -4.79. The topological polar surface area (TPSA) is 99.9 Å². The minimum Gasteiger partial charge on any atom is -0.473 e. The van der Waals surface area contributed by atoms with Crippen molar-refractivity contribution in [3.63, 3.8) is 0 Å². The van der Waals surface area contributed by atoms with E-state index in [0.29, 0.717) is 17.5 Å². The highest BCUT2D eigenvalue weighted by atomic mass is 19.4. The maximum Gasteiger partial charge on any atom is 0.573 e. The second-order valence-electron chi connectivity index (χ2n) is 6.17. The lowest BCUT2D eigenvalue weighted by molar-refractivity contribution is -0.274. The Morgan fingerprint density at radius 3 is 2.30 bits per heavy atom. The average Bonchev–Trinajstić information content (AvgIpc) is 2.68. The van der Waals surface area contributed by atoms with Crippen molar-refractivity contribution in [2.75, 3.05) is 12.4 Å². The first kappa shape index (κ1) is 23.0. The molecule has 1 atom stereocenters. The number of esters is 1. The molecule has 0 saturated carbocycles. The van der Waals surface area contributed by atoms with E-state index in [-0.39, 0.29) is 17.2 Å². The number of nitrogens with one attached hydrogen (secondary N) is 1. The van der Waals surface area contributed by atoms with Crippen LogP contribution in [0.3, 0.4) is 0 Å². The maximum atomic E-state index is 12.3. The molecule has 7 nitrogen and oxygen atoms in total. The Kier molecular flexibility index (Phi) is 7.65. The molecule has 0 fully saturated rings. The van der Waals surface area contributed by atoms with E-state index in [2.05, 4.69) is 14.8 Å². The summed E-state index contributed by atoms with van der Waals surface area (Å²) in [6.45, 7) is 1.93. The number of hydrogen-bond donors (Lipinski definition) is 2. The highest BCUT2D eigenvalue weighted by Crippen LogP contribution is 2.33. The summed E-state index contributed by atoms with van der Waals surface area (Å²) in [5, 5.41) is 2.39. The number of methoxy groups -OCH3 is 1. The molecular weight excluding hydrogens is 405 g/mol. The van der Waals surface area contributed by atoms with Gasteiger partial charge in [0.15, 0.2) is 0 Å². The number of hydrogen-bond acceptors (Lipinski definition) is 6. The van der Waals surface area contributed by atoms with Gasteiger partial charge in [-0.05, 0) is 41.8 Å². The third-order valence-electron chi connectivity index (χ3n) is 3.87. The largest absolute Gasteiger partial charge is 0.573 e. The van der Waals surface area contributed by atoms with Crippen LogP contribution in [-0.2, 0) is 14.3 Å². The number of carbonyl (C=O) groups is 2. The van der Waals surface area contributed by atoms with E-state index in [1.54, 1.807) is 6.07 Å². The predicted octanol–water partition coefficient (Wildman–Crippen LogP) is 3.83. The molecule has 0 radical (unpaired) electrons. The van der Waals surface area contributed by atoms with Crippen LogP contribution in [-0.4, -0.2) is 31.6 Å². The van der Waals surface area contributed by atoms with Gasteiger partial charge in [0.05, 0.1) is 12.8 Å². The van der Waals surface area contributed by atoms with Crippen LogP contribution in [0.2, 0.25) is 0 Å². The molecule has 10 heteroatoms. The van der Waals surface area contributed by atoms with Crippen LogP contribution in [0.25, 0.3) is 11.1 Å². The summed E-state index contributed by atoms with van der Waals surface area (Å²) in [5.74, 6) is -2.25. The monoisotopic (exact) mass is 426 g/mol. The molecule has 0 aromatic heterocycles. The number of rotatable bonds is 7. The number of halogens is 3. The number of anilines is 1. The molecule has 0 aliphatic carbocycles. The van der Waals surface area contributed by atoms with Gasteiger partial charge in [0.1, 0.15) is 17.7 Å². The van der Waals surface area contributed by atoms with Crippen molar-refractivity contribution in [1.29, 1.82) is 0 Å². The standard InChI is InChI=1S/C20H21F3N2O5/c1-3-4-17(24)29-16-10-7-13(11-15(16)25-18(26)19(27)28-2)12-5-8-14(9-6-12)30-20(21,22)23/h5-11,17H,3-4,24H2,1-2H3,(H,25,26). The van der Waals surface area contributed by atoms with Crippen LogP contribution in [0.5, 0.6) is 11.5 Å². The van der Waals surface area contributed by atoms with E-state index in [1.165, 1.54) is 24.3 Å². The van der Waals surface area contributed by atoms with Crippen LogP contribution in [0.4, 0.5) is 18.9 Å². The lowest BCUT2D eigenvalue weighted by atomic mass is 10.0. The Bertz CT molecular complexity index is 885. The molecule has 2 aromatic rings. The quantitative estimate of drug-likeness (QED) is 0.397. The fourth-order valence-electron chi connectivity index (χ4n) is 2.53. The van der Waals surface area contributed by atoms with E-state index in [9.17, 15) is 22.8 Å². The Balaban J connectivity index is 2.33. The molecule has 162 valence electrons. The van der Waals surface area contributed by atoms with Gasteiger partial charge in [0, 0.05) is 0 Å². The van der Waals surface area contributed by atoms with Gasteiger partial charge in [-0.2, -0.15) is 0 Å². The van der Waals surface area contributed by atoms with Gasteiger partial charge in [-0.25, -0.2) is 4.79 Å². The van der Waals surface area contributed by atoms with Gasteiger partial charge in [-0.1, -0.05) is 31.5 Å². The molecule has 2 rings (SSSR count). The normalized spacial score (nSPS) is 12.1. The van der Waals surface area contributed by atoms with E-state index in [4.69, 9.17) is 10.5 Å². The van der Waals surface area contributed by atoms with Crippen LogP contribution in [0.1, 0.15) is 19.8 Å². The van der Waals surface area contributed by atoms with Crippen molar-refractivity contribution in [2.45, 2.75) is 32.4 Å². The maximum absolute atomic E-state index is 12.3. The number of ether oxygens (including phenoxy) is 3. The zero-order valence-electron chi connectivity index (χ0n) is 16.3. The second kappa shape index (κ2) is 9.97. The molecule has 0 spiro atoms. The summed E-state index contributed by atoms with van der Waals surface area (Å²) < 4.78 is 50.8. The molecule has 0 heterocycles. The van der Waals surface area contributed by atoms with Crippen molar-refractivity contribution in [1.82, 2.24) is 0 Å². The molecule has 0 saturated heterocycles. The summed E-state index contributed by atoms with van der Waals surface area (Å²) in [6, 6.07) is 9.86. The van der Waals surface area contributed by atoms with Gasteiger partial charge in [-0.15, -0.1) is 13.2 Å². The van der Waals surface area contributed by atoms with Gasteiger partial charge >= 0.3 is 18.2 Å². The SMILES string of the molecule is CCCC(N)Oc1ccc(-c2ccc(OC(F)(F)F)cc2)cc1NC(=O)C(=O)OC. The summed E-state index contributed by atoms with van der Waals surface area (Å²) in [5.41, 5.74) is 7.13. The van der Waals surface area contributed by atoms with E-state index in [0.717, 1.165) is 25.7 Å². The number of carbonyl (C=O) groups excluding carboxylic acids is 2. The van der Waals surface area contributed by atoms with Gasteiger partial charge in [0.25, 0.3) is 0 Å². The zero-order valence-corrected chi connectivity index (χ0v) is 16.3. The van der Waals surface area contributed by atoms with Crippen molar-refractivity contribution in [2.24, 2.45) is 5.73 Å². The number of amides is 1. The number of benzene rings is 2. The smallest absolute Gasteiger partial charge is 0.473 e. The van der Waals surface area contributed by atoms with Crippen molar-refractivity contribution in [3.05, 3.63) is 42.5 Å². The lowest BCUT2D eigenvalue weighted by Crippen LogP contribution is -2.28. The van der Waals surface area contributed by atoms with Crippen molar-refractivity contribution >= 4 is 17.6 Å². The molecule has 0 aliphatic rings. The molecule has 30 heavy (non-hydrogen) atoms. The Labute approximate surface area is 170 Å². The first-order valence-electron chi connectivity index (χ1n) is 8.94. The number of alkyl halides is 3. The zero-order chi connectivity index (χ0) is 22.3. The Morgan fingerprint density at radius 1 is 1.10 bits per heavy atom. The highest BCUT2D eigenvalue weighted by Gasteiger charge is 2.31. The van der Waals surface area contributed by atoms with Crippen molar-refractivity contribution in [3.8, 4) is 22.6 Å². The van der Waals surface area contributed by atoms with Gasteiger partial charge in [0.2, 0.25) is 0 Å². The third-order valence-corrected chi connectivity index (χ3v) is 3.87. The molecule has 3 N–H and O–H groups in total. The Morgan fingerprint density at radius 2 is 1.73 bits per heavy atom. The average molecular weight is 426 g/mol. The minimum absolute atomic E-state index is 0.157. The van der Waals surface area contributed by atoms with Gasteiger partial charge < -0.3 is 19.5 Å². The van der Waals surface area contributed by atoms with Crippen LogP contribution in [0.15, 0.2) is 42.5 Å². The predicted molar refractivity (Wildman–Crippen MR) is 103 cm³/mol. The summed E-state index contributed by atoms with van der Waals surface area (Å²) >= 11 is 0. The molecule has 0 bridgehead atoms. The first-order chi connectivity index (χ1) is 14.1. The fourth-order valence-corrected chi connectivity index (χ4v) is 2.53. The summed E-state index contributed by atoms with van der Waals surface area (Å²) in [7, 11) is 1.07. The molecule has 1 unspecified atom stereocenters. The van der Waals surface area contributed by atoms with Gasteiger partial charge in [-0.3, -0.25) is 10.5 Å². The van der Waals surface area contributed by atoms with E-state index >= 15 is 0 Å². The van der Waals surface area contributed by atoms with Crippen LogP contribution >= 0.6 is 0 Å². The molecule has 0 aliphatic heterocycles. The summed E-state index contributed by atoms with van der Waals surface area (Å²) in [4.78, 5) is 23.4. The lowest BCUT2D eigenvalue weighted by Gasteiger charge is -2.18. The van der Waals surface area contributed by atoms with Crippen molar-refractivity contribution < 1.29 is 37.0 Å². The van der Waals surface area contributed by atoms with Crippen LogP contribution < -0.4 is 20.5 Å². The molecule has 2 aromatic carbocycles. The second-order valence-corrected chi connectivity index (χ2v) is 6.17. The van der Waals surface area contributed by atoms with Crippen LogP contribution in [0, 0.1) is 0 Å². The first-order valence-corrected chi connectivity index (χ1v) is 8.94. The highest BCUT2D eigenvalue weighted by molar-refractivity contribution is 6.37. The molecule has 1 amide bonds.